The van der Waals surface area contributed by atoms with E-state index in [0.717, 1.165) is 28.3 Å². The first-order valence-corrected chi connectivity index (χ1v) is 10.8. The summed E-state index contributed by atoms with van der Waals surface area (Å²) in [4.78, 5) is 28.2. The van der Waals surface area contributed by atoms with Crippen LogP contribution in [0.5, 0.6) is 0 Å². The molecule has 4 nitrogen and oxygen atoms in total. The number of dihydropyridines is 1. The van der Waals surface area contributed by atoms with Gasteiger partial charge in [-0.15, -0.1) is 22.7 Å². The van der Waals surface area contributed by atoms with Crippen LogP contribution in [0, 0.1) is 0 Å². The fourth-order valence-electron chi connectivity index (χ4n) is 3.98. The van der Waals surface area contributed by atoms with E-state index < -0.39 is 0 Å². The van der Waals surface area contributed by atoms with Gasteiger partial charge in [0.25, 0.3) is 0 Å². The van der Waals surface area contributed by atoms with E-state index in [2.05, 4.69) is 16.8 Å². The van der Waals surface area contributed by atoms with Gasteiger partial charge in [-0.2, -0.15) is 0 Å². The largest absolute Gasteiger partial charge is 0.463 e. The quantitative estimate of drug-likeness (QED) is 0.755. The predicted molar refractivity (Wildman–Crippen MR) is 108 cm³/mol. The van der Waals surface area contributed by atoms with Crippen molar-refractivity contribution in [3.05, 3.63) is 67.3 Å². The minimum Gasteiger partial charge on any atom is -0.463 e. The Balaban J connectivity index is 1.78. The van der Waals surface area contributed by atoms with Gasteiger partial charge in [0.2, 0.25) is 0 Å². The Morgan fingerprint density at radius 1 is 1.19 bits per heavy atom. The van der Waals surface area contributed by atoms with E-state index in [0.29, 0.717) is 18.6 Å². The van der Waals surface area contributed by atoms with E-state index >= 15 is 0 Å². The highest BCUT2D eigenvalue weighted by Crippen LogP contribution is 2.47. The zero-order chi connectivity index (χ0) is 19.0. The van der Waals surface area contributed by atoms with Crippen LogP contribution in [0.1, 0.15) is 48.3 Å². The maximum absolute atomic E-state index is 13.2. The third-order valence-electron chi connectivity index (χ3n) is 5.10. The minimum absolute atomic E-state index is 0.120. The Bertz CT molecular complexity index is 923. The maximum Gasteiger partial charge on any atom is 0.336 e. The normalized spacial score (nSPS) is 22.5. The highest BCUT2D eigenvalue weighted by atomic mass is 32.1. The lowest BCUT2D eigenvalue weighted by Gasteiger charge is -2.35. The van der Waals surface area contributed by atoms with E-state index in [1.165, 1.54) is 4.88 Å². The molecule has 0 unspecified atom stereocenters. The monoisotopic (exact) mass is 399 g/mol. The van der Waals surface area contributed by atoms with Crippen molar-refractivity contribution in [3.8, 4) is 0 Å². The van der Waals surface area contributed by atoms with Crippen LogP contribution >= 0.6 is 22.7 Å². The Hall–Kier alpha value is -2.18. The highest BCUT2D eigenvalue weighted by molar-refractivity contribution is 7.10. The molecule has 0 radical (unpaired) electrons. The molecule has 2 aromatic heterocycles. The number of carbonyl (C=O) groups excluding carboxylic acids is 2. The van der Waals surface area contributed by atoms with Crippen LogP contribution in [0.2, 0.25) is 0 Å². The van der Waals surface area contributed by atoms with E-state index in [4.69, 9.17) is 4.74 Å². The second-order valence-electron chi connectivity index (χ2n) is 6.77. The molecule has 0 bridgehead atoms. The van der Waals surface area contributed by atoms with Gasteiger partial charge in [0.1, 0.15) is 0 Å². The van der Waals surface area contributed by atoms with Gasteiger partial charge in [-0.25, -0.2) is 4.79 Å². The molecule has 1 aliphatic carbocycles. The van der Waals surface area contributed by atoms with E-state index in [9.17, 15) is 9.59 Å². The summed E-state index contributed by atoms with van der Waals surface area (Å²) < 4.78 is 5.31. The van der Waals surface area contributed by atoms with Crippen LogP contribution in [-0.2, 0) is 14.3 Å². The van der Waals surface area contributed by atoms with Gasteiger partial charge in [0.05, 0.1) is 18.1 Å². The van der Waals surface area contributed by atoms with E-state index in [-0.39, 0.29) is 23.6 Å². The highest BCUT2D eigenvalue weighted by Gasteiger charge is 2.41. The maximum atomic E-state index is 13.2. The molecular formula is C21H21NO3S2. The molecule has 2 aliphatic rings. The topological polar surface area (TPSA) is 55.4 Å². The number of thiophene rings is 2. The molecule has 0 aromatic carbocycles. The molecular weight excluding hydrogens is 378 g/mol. The smallest absolute Gasteiger partial charge is 0.336 e. The number of ether oxygens (including phenoxy) is 1. The predicted octanol–water partition coefficient (Wildman–Crippen LogP) is 4.73. The summed E-state index contributed by atoms with van der Waals surface area (Å²) in [5, 5.41) is 7.40. The molecule has 4 rings (SSSR count). The number of ketones is 1. The molecule has 0 fully saturated rings. The molecule has 1 aliphatic heterocycles. The van der Waals surface area contributed by atoms with Crippen molar-refractivity contribution in [2.45, 2.75) is 38.5 Å². The van der Waals surface area contributed by atoms with Crippen molar-refractivity contribution >= 4 is 34.4 Å². The van der Waals surface area contributed by atoms with Crippen LogP contribution in [0.25, 0.3) is 0 Å². The van der Waals surface area contributed by atoms with Gasteiger partial charge in [0, 0.05) is 39.1 Å². The van der Waals surface area contributed by atoms with Gasteiger partial charge in [-0.1, -0.05) is 12.1 Å². The van der Waals surface area contributed by atoms with Crippen molar-refractivity contribution in [2.75, 3.05) is 6.61 Å². The molecule has 140 valence electrons. The second-order valence-corrected chi connectivity index (χ2v) is 8.73. The third kappa shape index (κ3) is 3.28. The zero-order valence-corrected chi connectivity index (χ0v) is 16.9. The third-order valence-corrected chi connectivity index (χ3v) is 7.07. The number of Topliss-reactive ketones (excluding diaryl/α,β-unsaturated/α-hetero) is 1. The first-order valence-electron chi connectivity index (χ1n) is 9.08. The lowest BCUT2D eigenvalue weighted by atomic mass is 9.74. The summed E-state index contributed by atoms with van der Waals surface area (Å²) in [6.45, 7) is 4.01. The van der Waals surface area contributed by atoms with Crippen molar-refractivity contribution in [1.29, 1.82) is 0 Å². The lowest BCUT2D eigenvalue weighted by molar-refractivity contribution is -0.138. The summed E-state index contributed by atoms with van der Waals surface area (Å²) >= 11 is 3.27. The van der Waals surface area contributed by atoms with Crippen LogP contribution in [0.15, 0.2) is 57.6 Å². The minimum atomic E-state index is -0.347. The summed E-state index contributed by atoms with van der Waals surface area (Å²) in [5.74, 6) is -0.364. The molecule has 3 heterocycles. The van der Waals surface area contributed by atoms with Crippen molar-refractivity contribution in [3.63, 3.8) is 0 Å². The number of nitrogens with one attached hydrogen (secondary N) is 1. The number of esters is 1. The van der Waals surface area contributed by atoms with Gasteiger partial charge >= 0.3 is 5.97 Å². The first-order chi connectivity index (χ1) is 13.1. The Kier molecular flexibility index (Phi) is 5.02. The molecule has 0 spiro atoms. The molecule has 0 amide bonds. The van der Waals surface area contributed by atoms with Crippen LogP contribution in [0.4, 0.5) is 0 Å². The Morgan fingerprint density at radius 3 is 2.52 bits per heavy atom. The standard InChI is InChI=1S/C21H21NO3S2/c1-3-25-21(24)18-12(2)22-14-10-13(16-6-4-8-26-16)11-15(23)19(14)20(18)17-7-5-9-27-17/h4-9,13,20,22H,3,10-11H2,1-2H3/t13-,20-/m0/s1. The molecule has 0 saturated carbocycles. The fourth-order valence-corrected chi connectivity index (χ4v) is 5.66. The second kappa shape index (κ2) is 7.44. The SMILES string of the molecule is CCOC(=O)C1=C(C)NC2=C(C(=O)C[C@@H](c3cccs3)C2)[C@H]1c1cccs1. The van der Waals surface area contributed by atoms with E-state index in [1.807, 2.05) is 30.5 Å². The summed E-state index contributed by atoms with van der Waals surface area (Å²) in [6, 6.07) is 8.08. The fraction of sp³-hybridized carbons (Fsp3) is 0.333. The van der Waals surface area contributed by atoms with Crippen molar-refractivity contribution in [2.24, 2.45) is 0 Å². The van der Waals surface area contributed by atoms with E-state index in [1.54, 1.807) is 29.6 Å². The number of hydrogen-bond acceptors (Lipinski definition) is 6. The van der Waals surface area contributed by atoms with Crippen molar-refractivity contribution in [1.82, 2.24) is 5.32 Å². The van der Waals surface area contributed by atoms with Gasteiger partial charge < -0.3 is 10.1 Å². The Labute approximate surface area is 166 Å². The molecule has 6 heteroatoms. The molecule has 2 atom stereocenters. The van der Waals surface area contributed by atoms with Crippen LogP contribution in [-0.4, -0.2) is 18.4 Å². The molecule has 1 N–H and O–H groups in total. The van der Waals surface area contributed by atoms with Crippen LogP contribution < -0.4 is 5.32 Å². The molecule has 27 heavy (non-hydrogen) atoms. The molecule has 0 saturated heterocycles. The van der Waals surface area contributed by atoms with Crippen LogP contribution in [0.3, 0.4) is 0 Å². The summed E-state index contributed by atoms with van der Waals surface area (Å²) in [7, 11) is 0. The number of hydrogen-bond donors (Lipinski definition) is 1. The zero-order valence-electron chi connectivity index (χ0n) is 15.3. The number of allylic oxidation sites excluding steroid dienone is 3. The van der Waals surface area contributed by atoms with Gasteiger partial charge in [0.15, 0.2) is 5.78 Å². The van der Waals surface area contributed by atoms with Gasteiger partial charge in [-0.05, 0) is 43.2 Å². The summed E-state index contributed by atoms with van der Waals surface area (Å²) in [6.07, 6.45) is 1.27. The number of rotatable bonds is 4. The molecule has 2 aromatic rings. The first kappa shape index (κ1) is 18.2. The van der Waals surface area contributed by atoms with Crippen molar-refractivity contribution < 1.29 is 14.3 Å². The Morgan fingerprint density at radius 2 is 1.89 bits per heavy atom. The summed E-state index contributed by atoms with van der Waals surface area (Å²) in [5.41, 5.74) is 3.03. The van der Waals surface area contributed by atoms with Gasteiger partial charge in [-0.3, -0.25) is 4.79 Å². The number of carbonyl (C=O) groups is 2. The average molecular weight is 400 g/mol. The average Bonchev–Trinajstić information content (AvgIpc) is 3.34. The lowest BCUT2D eigenvalue weighted by Crippen LogP contribution is -2.35.